The standard InChI is InChI=1S/C42H48ClN9O4S2/c1-25-26(2)58-42-37(25)38(28-9-11-29(43)12-10-28)45-32(39-48-47-27(3)52(39)42)23-36(54)44-15-17-50-20-18-49(19-21-50)16-4-5-22-57-34-8-6-7-30-31(34)24-51(41(30)56)33-13-14-35(53)46-40(33)55/h6-12,32-33H,4-5,13-24H2,1-3H3,(H,44,54)(H,46,53,55)/t32-,33?/m0/s1. The second-order valence-corrected chi connectivity index (χ2v) is 18.2. The topological polar surface area (TPSA) is 145 Å². The van der Waals surface area contributed by atoms with Gasteiger partial charge in [-0.1, -0.05) is 29.8 Å². The number of aromatic nitrogens is 3. The highest BCUT2D eigenvalue weighted by atomic mass is 35.5. The molecule has 304 valence electrons. The third kappa shape index (κ3) is 8.37. The lowest BCUT2D eigenvalue weighted by Crippen LogP contribution is -2.52. The summed E-state index contributed by atoms with van der Waals surface area (Å²) in [5, 5.41) is 16.2. The van der Waals surface area contributed by atoms with E-state index in [2.05, 4.69) is 55.1 Å². The van der Waals surface area contributed by atoms with E-state index >= 15 is 0 Å². The molecule has 4 aliphatic rings. The Labute approximate surface area is 351 Å². The highest BCUT2D eigenvalue weighted by molar-refractivity contribution is 7.99. The molecule has 6 heterocycles. The van der Waals surface area contributed by atoms with E-state index in [1.165, 1.54) is 4.88 Å². The molecule has 0 saturated carbocycles. The van der Waals surface area contributed by atoms with Crippen molar-refractivity contribution >= 4 is 64.0 Å². The van der Waals surface area contributed by atoms with Crippen LogP contribution in [0.15, 0.2) is 52.4 Å². The molecule has 2 atom stereocenters. The van der Waals surface area contributed by atoms with Crippen molar-refractivity contribution in [3.63, 3.8) is 0 Å². The Morgan fingerprint density at radius 1 is 0.983 bits per heavy atom. The Bertz CT molecular complexity index is 2260. The van der Waals surface area contributed by atoms with Crippen molar-refractivity contribution in [2.75, 3.05) is 51.6 Å². The zero-order valence-electron chi connectivity index (χ0n) is 33.1. The Morgan fingerprint density at radius 2 is 1.74 bits per heavy atom. The number of carbonyl (C=O) groups is 4. The summed E-state index contributed by atoms with van der Waals surface area (Å²) in [5.74, 6) is 1.53. The number of aryl methyl sites for hydroxylation is 2. The number of nitrogens with one attached hydrogen (secondary N) is 2. The molecular formula is C42H48ClN9O4S2. The summed E-state index contributed by atoms with van der Waals surface area (Å²) in [6.45, 7) is 12.9. The van der Waals surface area contributed by atoms with E-state index in [0.29, 0.717) is 35.9 Å². The predicted molar refractivity (Wildman–Crippen MR) is 226 cm³/mol. The summed E-state index contributed by atoms with van der Waals surface area (Å²) >= 11 is 9.72. The number of benzene rings is 2. The lowest BCUT2D eigenvalue weighted by molar-refractivity contribution is -0.137. The number of amides is 4. The summed E-state index contributed by atoms with van der Waals surface area (Å²) in [6, 6.07) is 12.4. The largest absolute Gasteiger partial charge is 0.355 e. The number of piperazine rings is 1. The number of unbranched alkanes of at least 4 members (excludes halogenated alkanes) is 1. The number of hydrogen-bond acceptors (Lipinski definition) is 11. The van der Waals surface area contributed by atoms with Gasteiger partial charge in [0.05, 0.1) is 12.1 Å². The molecule has 0 aliphatic carbocycles. The van der Waals surface area contributed by atoms with E-state index in [0.717, 1.165) is 102 Å². The van der Waals surface area contributed by atoms with Crippen LogP contribution >= 0.6 is 34.7 Å². The van der Waals surface area contributed by atoms with Crippen molar-refractivity contribution in [1.29, 1.82) is 0 Å². The number of carbonyl (C=O) groups excluding carboxylic acids is 4. The zero-order chi connectivity index (χ0) is 40.5. The summed E-state index contributed by atoms with van der Waals surface area (Å²) in [6.07, 6.45) is 2.92. The number of halogens is 1. The van der Waals surface area contributed by atoms with Gasteiger partial charge in [0.15, 0.2) is 5.82 Å². The van der Waals surface area contributed by atoms with E-state index in [1.807, 2.05) is 43.3 Å². The van der Waals surface area contributed by atoms with Gasteiger partial charge in [0.2, 0.25) is 17.7 Å². The van der Waals surface area contributed by atoms with E-state index in [1.54, 1.807) is 28.0 Å². The number of fused-ring (bicyclic) bond motifs is 4. The van der Waals surface area contributed by atoms with E-state index in [-0.39, 0.29) is 36.5 Å². The van der Waals surface area contributed by atoms with Gasteiger partial charge in [-0.05, 0) is 87.7 Å². The van der Waals surface area contributed by atoms with Crippen LogP contribution in [0.25, 0.3) is 5.00 Å². The van der Waals surface area contributed by atoms with Crippen molar-refractivity contribution in [3.8, 4) is 5.00 Å². The summed E-state index contributed by atoms with van der Waals surface area (Å²) in [4.78, 5) is 64.8. The number of piperidine rings is 1. The van der Waals surface area contributed by atoms with Gasteiger partial charge in [-0.2, -0.15) is 0 Å². The first-order chi connectivity index (χ1) is 28.0. The number of thiophene rings is 1. The molecule has 0 radical (unpaired) electrons. The predicted octanol–water partition coefficient (Wildman–Crippen LogP) is 5.26. The number of nitrogens with zero attached hydrogens (tertiary/aromatic N) is 7. The van der Waals surface area contributed by atoms with Crippen LogP contribution in [0, 0.1) is 20.8 Å². The second-order valence-electron chi connectivity index (χ2n) is 15.4. The molecule has 13 nitrogen and oxygen atoms in total. The zero-order valence-corrected chi connectivity index (χ0v) is 35.4. The highest BCUT2D eigenvalue weighted by Gasteiger charge is 2.40. The minimum absolute atomic E-state index is 0.0650. The summed E-state index contributed by atoms with van der Waals surface area (Å²) in [7, 11) is 0. The second kappa shape index (κ2) is 17.4. The molecule has 8 rings (SSSR count). The first-order valence-electron chi connectivity index (χ1n) is 20.0. The molecule has 4 aromatic rings. The van der Waals surface area contributed by atoms with Crippen LogP contribution in [0.1, 0.15) is 87.3 Å². The van der Waals surface area contributed by atoms with Gasteiger partial charge < -0.3 is 15.1 Å². The van der Waals surface area contributed by atoms with Gasteiger partial charge in [0, 0.05) is 83.7 Å². The molecule has 2 fully saturated rings. The minimum atomic E-state index is -0.601. The number of thioether (sulfide) groups is 1. The maximum atomic E-state index is 13.5. The van der Waals surface area contributed by atoms with Crippen LogP contribution in [0.3, 0.4) is 0 Å². The van der Waals surface area contributed by atoms with Gasteiger partial charge in [0.1, 0.15) is 22.9 Å². The van der Waals surface area contributed by atoms with Gasteiger partial charge in [0.25, 0.3) is 5.91 Å². The number of aliphatic imine (C=N–C) groups is 1. The van der Waals surface area contributed by atoms with Gasteiger partial charge >= 0.3 is 0 Å². The number of imide groups is 1. The fraction of sp³-hybridized carbons (Fsp3) is 0.452. The molecule has 0 bridgehead atoms. The van der Waals surface area contributed by atoms with Crippen molar-refractivity contribution in [2.45, 2.75) is 76.4 Å². The molecule has 4 aliphatic heterocycles. The number of rotatable bonds is 13. The molecule has 58 heavy (non-hydrogen) atoms. The highest BCUT2D eigenvalue weighted by Crippen LogP contribution is 2.40. The summed E-state index contributed by atoms with van der Waals surface area (Å²) < 4.78 is 2.07. The number of hydrogen-bond donors (Lipinski definition) is 2. The smallest absolute Gasteiger partial charge is 0.255 e. The lowest BCUT2D eigenvalue weighted by atomic mass is 9.99. The average molecular weight is 842 g/mol. The average Bonchev–Trinajstić information content (AvgIpc) is 3.82. The van der Waals surface area contributed by atoms with Crippen LogP contribution in [0.4, 0.5) is 0 Å². The van der Waals surface area contributed by atoms with Crippen LogP contribution in [-0.4, -0.2) is 116 Å². The molecular weight excluding hydrogens is 794 g/mol. The lowest BCUT2D eigenvalue weighted by Gasteiger charge is -2.34. The fourth-order valence-electron chi connectivity index (χ4n) is 8.28. The Kier molecular flexibility index (Phi) is 12.1. The molecule has 0 spiro atoms. The fourth-order valence-corrected chi connectivity index (χ4v) is 10.7. The maximum absolute atomic E-state index is 13.5. The van der Waals surface area contributed by atoms with Gasteiger partial charge in [-0.3, -0.25) is 39.0 Å². The van der Waals surface area contributed by atoms with E-state index in [4.69, 9.17) is 16.6 Å². The Balaban J connectivity index is 0.779. The molecule has 16 heteroatoms. The first kappa shape index (κ1) is 40.4. The van der Waals surface area contributed by atoms with Crippen molar-refractivity contribution < 1.29 is 19.2 Å². The minimum Gasteiger partial charge on any atom is -0.355 e. The van der Waals surface area contributed by atoms with Crippen LogP contribution in [-0.2, 0) is 20.9 Å². The molecule has 2 N–H and O–H groups in total. The van der Waals surface area contributed by atoms with Gasteiger partial charge in [-0.25, -0.2) is 0 Å². The van der Waals surface area contributed by atoms with Crippen LogP contribution < -0.4 is 10.6 Å². The quantitative estimate of drug-likeness (QED) is 0.105. The SMILES string of the molecule is Cc1sc2c(c1C)C(c1ccc(Cl)cc1)=N[C@@H](CC(=O)NCCN1CCN(CCCCSc3cccc4c3CN(C3CCC(=O)NC3=O)C4=O)CC1)c1nnc(C)n1-2. The van der Waals surface area contributed by atoms with Crippen LogP contribution in [0.5, 0.6) is 0 Å². The van der Waals surface area contributed by atoms with Crippen molar-refractivity contribution in [2.24, 2.45) is 4.99 Å². The Morgan fingerprint density at radius 3 is 2.50 bits per heavy atom. The van der Waals surface area contributed by atoms with Crippen molar-refractivity contribution in [1.82, 2.24) is 40.1 Å². The first-order valence-corrected chi connectivity index (χ1v) is 22.2. The molecule has 4 amide bonds. The normalized spacial score (nSPS) is 19.7. The van der Waals surface area contributed by atoms with Crippen molar-refractivity contribution in [3.05, 3.63) is 91.8 Å². The van der Waals surface area contributed by atoms with E-state index in [9.17, 15) is 19.2 Å². The third-order valence-electron chi connectivity index (χ3n) is 11.6. The molecule has 2 aromatic heterocycles. The van der Waals surface area contributed by atoms with Crippen LogP contribution in [0.2, 0.25) is 5.02 Å². The summed E-state index contributed by atoms with van der Waals surface area (Å²) in [5.41, 5.74) is 5.63. The molecule has 2 aromatic carbocycles. The molecule has 1 unspecified atom stereocenters. The third-order valence-corrected chi connectivity index (χ3v) is 14.2. The van der Waals surface area contributed by atoms with Gasteiger partial charge in [-0.15, -0.1) is 33.3 Å². The monoisotopic (exact) mass is 841 g/mol. The Hall–Kier alpha value is -4.41. The molecule has 2 saturated heterocycles. The maximum Gasteiger partial charge on any atom is 0.255 e. The van der Waals surface area contributed by atoms with E-state index < -0.39 is 12.1 Å².